The van der Waals surface area contributed by atoms with Crippen molar-refractivity contribution in [3.63, 3.8) is 0 Å². The van der Waals surface area contributed by atoms with Gasteiger partial charge in [-0.05, 0) is 49.4 Å². The topological polar surface area (TPSA) is 97.7 Å². The molecule has 3 aromatic carbocycles. The van der Waals surface area contributed by atoms with Gasteiger partial charge >= 0.3 is 4.87 Å². The normalized spacial score (nSPS) is 19.6. The van der Waals surface area contributed by atoms with E-state index < -0.39 is 23.0 Å². The van der Waals surface area contributed by atoms with Gasteiger partial charge in [0.05, 0.1) is 23.7 Å². The molecule has 1 saturated heterocycles. The van der Waals surface area contributed by atoms with Gasteiger partial charge < -0.3 is 10.1 Å². The van der Waals surface area contributed by atoms with E-state index in [0.717, 1.165) is 16.9 Å². The van der Waals surface area contributed by atoms with Crippen LogP contribution in [0.15, 0.2) is 82.6 Å². The maximum Gasteiger partial charge on any atom is 0.308 e. The molecule has 4 aromatic rings. The van der Waals surface area contributed by atoms with Crippen molar-refractivity contribution in [3.05, 3.63) is 103 Å². The van der Waals surface area contributed by atoms with E-state index in [4.69, 9.17) is 16.3 Å². The number of carbonyl (C=O) groups excluding carboxylic acids is 3. The Morgan fingerprint density at radius 2 is 1.68 bits per heavy atom. The SMILES string of the molecule is COc1ccccc1C1c2sc(=O)n(CC(=O)Nc3ccc(Cl)cc3)c2SC2C(=O)N(c3ccc(C)cc3)C(=O)C21. The van der Waals surface area contributed by atoms with Crippen LogP contribution in [0.3, 0.4) is 0 Å². The molecule has 6 rings (SSSR count). The molecule has 3 heterocycles. The smallest absolute Gasteiger partial charge is 0.308 e. The average Bonchev–Trinajstić information content (AvgIpc) is 3.41. The van der Waals surface area contributed by atoms with Crippen LogP contribution in [0.5, 0.6) is 5.75 Å². The van der Waals surface area contributed by atoms with Gasteiger partial charge in [0.15, 0.2) is 0 Å². The van der Waals surface area contributed by atoms with Gasteiger partial charge in [-0.25, -0.2) is 4.90 Å². The number of hydrogen-bond acceptors (Lipinski definition) is 7. The summed E-state index contributed by atoms with van der Waals surface area (Å²) in [5.41, 5.74) is 2.76. The molecule has 3 amide bonds. The number of amides is 3. The first kappa shape index (κ1) is 27.3. The van der Waals surface area contributed by atoms with Crippen molar-refractivity contribution < 1.29 is 19.1 Å². The van der Waals surface area contributed by atoms with Crippen molar-refractivity contribution >= 4 is 63.8 Å². The summed E-state index contributed by atoms with van der Waals surface area (Å²) >= 11 is 8.11. The fraction of sp³-hybridized carbons (Fsp3) is 0.200. The Labute approximate surface area is 248 Å². The average molecular weight is 606 g/mol. The second kappa shape index (κ2) is 10.8. The van der Waals surface area contributed by atoms with Crippen molar-refractivity contribution in [3.8, 4) is 5.75 Å². The van der Waals surface area contributed by atoms with E-state index in [9.17, 15) is 19.2 Å². The number of para-hydroxylation sites is 1. The van der Waals surface area contributed by atoms with Gasteiger partial charge in [0.25, 0.3) is 0 Å². The summed E-state index contributed by atoms with van der Waals surface area (Å²) in [5, 5.41) is 3.05. The van der Waals surface area contributed by atoms with Crippen LogP contribution in [0, 0.1) is 12.8 Å². The molecule has 1 N–H and O–H groups in total. The van der Waals surface area contributed by atoms with Crippen molar-refractivity contribution in [1.82, 2.24) is 4.57 Å². The number of aromatic nitrogens is 1. The van der Waals surface area contributed by atoms with E-state index in [2.05, 4.69) is 5.32 Å². The maximum absolute atomic E-state index is 14.0. The number of fused-ring (bicyclic) bond motifs is 2. The van der Waals surface area contributed by atoms with Gasteiger partial charge in [0, 0.05) is 27.1 Å². The highest BCUT2D eigenvalue weighted by atomic mass is 35.5. The molecule has 3 unspecified atom stereocenters. The van der Waals surface area contributed by atoms with Crippen LogP contribution in [0.4, 0.5) is 11.4 Å². The highest BCUT2D eigenvalue weighted by Crippen LogP contribution is 2.55. The fourth-order valence-electron chi connectivity index (χ4n) is 5.34. The third-order valence-electron chi connectivity index (χ3n) is 7.25. The molecule has 1 fully saturated rings. The Hall–Kier alpha value is -3.86. The van der Waals surface area contributed by atoms with E-state index in [1.54, 1.807) is 49.6 Å². The Kier molecular flexibility index (Phi) is 7.23. The first-order chi connectivity index (χ1) is 19.8. The van der Waals surface area contributed by atoms with E-state index >= 15 is 0 Å². The molecule has 2 aliphatic rings. The number of thiazole rings is 1. The molecule has 41 heavy (non-hydrogen) atoms. The zero-order chi connectivity index (χ0) is 28.8. The molecule has 11 heteroatoms. The van der Waals surface area contributed by atoms with Crippen LogP contribution in [0.1, 0.15) is 21.9 Å². The lowest BCUT2D eigenvalue weighted by molar-refractivity contribution is -0.122. The Balaban J connectivity index is 1.43. The molecule has 1 aromatic heterocycles. The summed E-state index contributed by atoms with van der Waals surface area (Å²) in [5.74, 6) is -1.90. The van der Waals surface area contributed by atoms with E-state index in [1.807, 2.05) is 37.3 Å². The number of rotatable bonds is 6. The van der Waals surface area contributed by atoms with Gasteiger partial charge in [0.2, 0.25) is 17.7 Å². The highest BCUT2D eigenvalue weighted by Gasteiger charge is 2.57. The fourth-order valence-corrected chi connectivity index (χ4v) is 8.23. The van der Waals surface area contributed by atoms with Gasteiger partial charge in [-0.2, -0.15) is 0 Å². The van der Waals surface area contributed by atoms with Crippen LogP contribution in [0.25, 0.3) is 0 Å². The number of hydrogen-bond donors (Lipinski definition) is 1. The number of halogens is 1. The minimum atomic E-state index is -0.786. The van der Waals surface area contributed by atoms with E-state index in [-0.39, 0.29) is 23.2 Å². The lowest BCUT2D eigenvalue weighted by Crippen LogP contribution is -2.33. The Bertz CT molecular complexity index is 1730. The van der Waals surface area contributed by atoms with Crippen molar-refractivity contribution in [2.45, 2.75) is 29.7 Å². The van der Waals surface area contributed by atoms with Crippen LogP contribution in [0.2, 0.25) is 5.02 Å². The monoisotopic (exact) mass is 605 g/mol. The molecule has 0 radical (unpaired) electrons. The quantitative estimate of drug-likeness (QED) is 0.299. The van der Waals surface area contributed by atoms with E-state index in [0.29, 0.717) is 37.6 Å². The number of imide groups is 1. The predicted molar refractivity (Wildman–Crippen MR) is 160 cm³/mol. The second-order valence-electron chi connectivity index (χ2n) is 9.81. The van der Waals surface area contributed by atoms with Crippen LogP contribution < -0.4 is 19.8 Å². The first-order valence-electron chi connectivity index (χ1n) is 12.8. The zero-order valence-corrected chi connectivity index (χ0v) is 24.4. The van der Waals surface area contributed by atoms with Crippen LogP contribution >= 0.6 is 34.7 Å². The molecular formula is C30H24ClN3O5S2. The largest absolute Gasteiger partial charge is 0.496 e. The zero-order valence-electron chi connectivity index (χ0n) is 22.0. The number of carbonyl (C=O) groups is 3. The van der Waals surface area contributed by atoms with Gasteiger partial charge in [-0.15, -0.1) is 0 Å². The summed E-state index contributed by atoms with van der Waals surface area (Å²) in [6, 6.07) is 21.2. The van der Waals surface area contributed by atoms with E-state index in [1.165, 1.54) is 21.2 Å². The van der Waals surface area contributed by atoms with Crippen molar-refractivity contribution in [2.75, 3.05) is 17.3 Å². The highest BCUT2D eigenvalue weighted by molar-refractivity contribution is 8.00. The second-order valence-corrected chi connectivity index (χ2v) is 12.4. The van der Waals surface area contributed by atoms with Gasteiger partial charge in [-0.1, -0.05) is 70.6 Å². The molecule has 0 spiro atoms. The van der Waals surface area contributed by atoms with Crippen molar-refractivity contribution in [1.29, 1.82) is 0 Å². The summed E-state index contributed by atoms with van der Waals surface area (Å²) in [6.07, 6.45) is 0. The number of nitrogens with one attached hydrogen (secondary N) is 1. The summed E-state index contributed by atoms with van der Waals surface area (Å²) < 4.78 is 7.04. The number of benzene rings is 3. The third kappa shape index (κ3) is 4.86. The Morgan fingerprint density at radius 1 is 0.976 bits per heavy atom. The van der Waals surface area contributed by atoms with Crippen LogP contribution in [-0.4, -0.2) is 34.6 Å². The van der Waals surface area contributed by atoms with Gasteiger partial charge in [0.1, 0.15) is 17.5 Å². The molecule has 3 atom stereocenters. The minimum Gasteiger partial charge on any atom is -0.496 e. The molecule has 8 nitrogen and oxygen atoms in total. The lowest BCUT2D eigenvalue weighted by atomic mass is 9.82. The maximum atomic E-state index is 14.0. The number of anilines is 2. The first-order valence-corrected chi connectivity index (χ1v) is 14.9. The lowest BCUT2D eigenvalue weighted by Gasteiger charge is -2.31. The number of ether oxygens (including phenoxy) is 1. The number of nitrogens with zero attached hydrogens (tertiary/aromatic N) is 2. The summed E-state index contributed by atoms with van der Waals surface area (Å²) in [4.78, 5) is 55.8. The molecule has 0 saturated carbocycles. The standard InChI is InChI=1S/C30H24ClN3O5S2/c1-16-7-13-19(14-8-16)34-27(36)24-23(20-5-3-4-6-21(20)39-2)26-29(40-25(24)28(34)37)33(30(38)41-26)15-22(35)32-18-11-9-17(31)10-12-18/h3-14,23-25H,15H2,1-2H3,(H,32,35). The summed E-state index contributed by atoms with van der Waals surface area (Å²) in [7, 11) is 1.55. The molecule has 0 aliphatic carbocycles. The molecule has 0 bridgehead atoms. The Morgan fingerprint density at radius 3 is 2.39 bits per heavy atom. The minimum absolute atomic E-state index is 0.250. The van der Waals surface area contributed by atoms with Crippen LogP contribution in [-0.2, 0) is 20.9 Å². The molecular weight excluding hydrogens is 582 g/mol. The molecule has 2 aliphatic heterocycles. The summed E-state index contributed by atoms with van der Waals surface area (Å²) in [6.45, 7) is 1.69. The predicted octanol–water partition coefficient (Wildman–Crippen LogP) is 5.31. The number of aryl methyl sites for hydroxylation is 1. The number of methoxy groups -OCH3 is 1. The van der Waals surface area contributed by atoms with Crippen molar-refractivity contribution in [2.24, 2.45) is 5.92 Å². The number of thioether (sulfide) groups is 1. The van der Waals surface area contributed by atoms with Gasteiger partial charge in [-0.3, -0.25) is 23.7 Å². The third-order valence-corrected chi connectivity index (χ3v) is 10.1. The molecule has 208 valence electrons.